The van der Waals surface area contributed by atoms with Gasteiger partial charge in [0.05, 0.1) is 5.54 Å². The van der Waals surface area contributed by atoms with Gasteiger partial charge in [0.1, 0.15) is 5.01 Å². The Morgan fingerprint density at radius 3 is 3.00 bits per heavy atom. The van der Waals surface area contributed by atoms with Crippen LogP contribution in [0.3, 0.4) is 0 Å². The lowest BCUT2D eigenvalue weighted by atomic mass is 9.73. The molecule has 1 aliphatic rings. The molecule has 1 N–H and O–H groups in total. The Hall–Kier alpha value is -0.410. The van der Waals surface area contributed by atoms with Crippen molar-refractivity contribution in [2.75, 3.05) is 6.54 Å². The van der Waals surface area contributed by atoms with Crippen molar-refractivity contribution in [1.29, 1.82) is 0 Å². The van der Waals surface area contributed by atoms with E-state index in [1.807, 2.05) is 17.5 Å². The molecule has 2 rings (SSSR count). The van der Waals surface area contributed by atoms with Crippen molar-refractivity contribution in [1.82, 2.24) is 10.3 Å². The Bertz CT molecular complexity index is 343. The Morgan fingerprint density at radius 2 is 2.39 bits per heavy atom. The third-order valence-corrected chi connectivity index (χ3v) is 4.99. The number of nitrogens with zero attached hydrogens (tertiary/aromatic N) is 1. The molecule has 1 aromatic rings. The molecule has 1 heterocycles. The Kier molecular flexibility index (Phi) is 4.79. The van der Waals surface area contributed by atoms with E-state index in [2.05, 4.69) is 36.5 Å². The molecule has 102 valence electrons. The monoisotopic (exact) mass is 266 g/mol. The van der Waals surface area contributed by atoms with Crippen molar-refractivity contribution in [3.63, 3.8) is 0 Å². The average molecular weight is 266 g/mol. The molecular formula is C15H26N2S. The van der Waals surface area contributed by atoms with E-state index in [-0.39, 0.29) is 5.54 Å². The molecule has 0 aliphatic heterocycles. The summed E-state index contributed by atoms with van der Waals surface area (Å²) in [4.78, 5) is 4.60. The number of thiazole rings is 1. The Labute approximate surface area is 115 Å². The van der Waals surface area contributed by atoms with Crippen LogP contribution in [0.2, 0.25) is 0 Å². The molecule has 0 saturated heterocycles. The smallest absolute Gasteiger partial charge is 0.113 e. The molecular weight excluding hydrogens is 240 g/mol. The van der Waals surface area contributed by atoms with Crippen molar-refractivity contribution in [2.24, 2.45) is 11.8 Å². The molecule has 0 spiro atoms. The zero-order chi connectivity index (χ0) is 13.0. The molecule has 1 aromatic heterocycles. The summed E-state index contributed by atoms with van der Waals surface area (Å²) in [6.07, 6.45) is 8.57. The predicted octanol–water partition coefficient (Wildman–Crippen LogP) is 4.18. The van der Waals surface area contributed by atoms with E-state index < -0.39 is 0 Å². The Morgan fingerprint density at radius 1 is 1.56 bits per heavy atom. The third-order valence-electron chi connectivity index (χ3n) is 4.01. The minimum Gasteiger partial charge on any atom is -0.306 e. The van der Waals surface area contributed by atoms with Crippen LogP contribution in [0.1, 0.15) is 57.9 Å². The average Bonchev–Trinajstić information content (AvgIpc) is 2.82. The van der Waals surface area contributed by atoms with Gasteiger partial charge in [-0.25, -0.2) is 4.98 Å². The van der Waals surface area contributed by atoms with E-state index in [1.165, 1.54) is 37.1 Å². The van der Waals surface area contributed by atoms with Crippen LogP contribution >= 0.6 is 11.3 Å². The zero-order valence-corrected chi connectivity index (χ0v) is 12.7. The quantitative estimate of drug-likeness (QED) is 0.864. The molecule has 1 saturated carbocycles. The first kappa shape index (κ1) is 14.0. The van der Waals surface area contributed by atoms with Gasteiger partial charge >= 0.3 is 0 Å². The highest BCUT2D eigenvalue weighted by Gasteiger charge is 2.39. The van der Waals surface area contributed by atoms with Gasteiger partial charge in [0.15, 0.2) is 0 Å². The van der Waals surface area contributed by atoms with E-state index in [9.17, 15) is 0 Å². The summed E-state index contributed by atoms with van der Waals surface area (Å²) in [5, 5.41) is 7.17. The summed E-state index contributed by atoms with van der Waals surface area (Å²) in [5.74, 6) is 1.67. The molecule has 0 radical (unpaired) electrons. The van der Waals surface area contributed by atoms with Gasteiger partial charge in [-0.1, -0.05) is 33.6 Å². The van der Waals surface area contributed by atoms with Gasteiger partial charge in [0.2, 0.25) is 0 Å². The van der Waals surface area contributed by atoms with Crippen molar-refractivity contribution >= 4 is 11.3 Å². The molecule has 0 aromatic carbocycles. The van der Waals surface area contributed by atoms with Gasteiger partial charge in [0.25, 0.3) is 0 Å². The van der Waals surface area contributed by atoms with E-state index in [1.54, 1.807) is 0 Å². The van der Waals surface area contributed by atoms with Crippen LogP contribution in [-0.4, -0.2) is 11.5 Å². The number of rotatable bonds is 5. The van der Waals surface area contributed by atoms with E-state index >= 15 is 0 Å². The number of aromatic nitrogens is 1. The summed E-state index contributed by atoms with van der Waals surface area (Å²) in [6, 6.07) is 0. The maximum absolute atomic E-state index is 4.60. The fraction of sp³-hybridized carbons (Fsp3) is 0.800. The zero-order valence-electron chi connectivity index (χ0n) is 11.9. The normalized spacial score (nSPS) is 28.8. The number of nitrogens with one attached hydrogen (secondary N) is 1. The molecule has 2 nitrogen and oxygen atoms in total. The molecule has 1 fully saturated rings. The minimum atomic E-state index is 0.167. The maximum Gasteiger partial charge on any atom is 0.113 e. The SMILES string of the molecule is CCNC1(c2nccs2)CCCC(CC(C)C)C1. The second-order valence-corrected chi connectivity index (χ2v) is 6.94. The molecule has 1 aliphatic carbocycles. The molecule has 2 atom stereocenters. The second kappa shape index (κ2) is 6.16. The van der Waals surface area contributed by atoms with Gasteiger partial charge in [-0.3, -0.25) is 0 Å². The van der Waals surface area contributed by atoms with Crippen LogP contribution in [0, 0.1) is 11.8 Å². The highest BCUT2D eigenvalue weighted by Crippen LogP contribution is 2.42. The first-order valence-electron chi connectivity index (χ1n) is 7.31. The van der Waals surface area contributed by atoms with Gasteiger partial charge in [-0.05, 0) is 37.6 Å². The number of hydrogen-bond acceptors (Lipinski definition) is 3. The largest absolute Gasteiger partial charge is 0.306 e. The molecule has 0 amide bonds. The second-order valence-electron chi connectivity index (χ2n) is 6.04. The summed E-state index contributed by atoms with van der Waals surface area (Å²) < 4.78 is 0. The summed E-state index contributed by atoms with van der Waals surface area (Å²) in [5.41, 5.74) is 0.167. The lowest BCUT2D eigenvalue weighted by Gasteiger charge is -2.41. The minimum absolute atomic E-state index is 0.167. The Balaban J connectivity index is 2.14. The maximum atomic E-state index is 4.60. The van der Waals surface area contributed by atoms with Crippen LogP contribution < -0.4 is 5.32 Å². The van der Waals surface area contributed by atoms with Gasteiger partial charge in [-0.15, -0.1) is 11.3 Å². The molecule has 0 bridgehead atoms. The lowest BCUT2D eigenvalue weighted by Crippen LogP contribution is -2.46. The van der Waals surface area contributed by atoms with Crippen molar-refractivity contribution in [3.05, 3.63) is 16.6 Å². The summed E-state index contributed by atoms with van der Waals surface area (Å²) >= 11 is 1.82. The van der Waals surface area contributed by atoms with Crippen LogP contribution in [0.4, 0.5) is 0 Å². The van der Waals surface area contributed by atoms with Gasteiger partial charge < -0.3 is 5.32 Å². The summed E-state index contributed by atoms with van der Waals surface area (Å²) in [6.45, 7) is 7.93. The topological polar surface area (TPSA) is 24.9 Å². The highest BCUT2D eigenvalue weighted by molar-refractivity contribution is 7.09. The van der Waals surface area contributed by atoms with Crippen molar-refractivity contribution in [3.8, 4) is 0 Å². The summed E-state index contributed by atoms with van der Waals surface area (Å²) in [7, 11) is 0. The first-order valence-corrected chi connectivity index (χ1v) is 8.19. The van der Waals surface area contributed by atoms with Gasteiger partial charge in [-0.2, -0.15) is 0 Å². The highest BCUT2D eigenvalue weighted by atomic mass is 32.1. The first-order chi connectivity index (χ1) is 8.66. The van der Waals surface area contributed by atoms with Gasteiger partial charge in [0, 0.05) is 11.6 Å². The molecule has 18 heavy (non-hydrogen) atoms. The molecule has 2 unspecified atom stereocenters. The lowest BCUT2D eigenvalue weighted by molar-refractivity contribution is 0.164. The predicted molar refractivity (Wildman–Crippen MR) is 78.9 cm³/mol. The van der Waals surface area contributed by atoms with E-state index in [4.69, 9.17) is 0 Å². The van der Waals surface area contributed by atoms with E-state index in [0.717, 1.165) is 18.4 Å². The van der Waals surface area contributed by atoms with Crippen LogP contribution in [0.5, 0.6) is 0 Å². The van der Waals surface area contributed by atoms with Crippen LogP contribution in [0.25, 0.3) is 0 Å². The fourth-order valence-electron chi connectivity index (χ4n) is 3.49. The number of hydrogen-bond donors (Lipinski definition) is 1. The van der Waals surface area contributed by atoms with E-state index in [0.29, 0.717) is 0 Å². The fourth-order valence-corrected chi connectivity index (χ4v) is 4.34. The molecule has 3 heteroatoms. The van der Waals surface area contributed by atoms with Crippen molar-refractivity contribution in [2.45, 2.75) is 58.4 Å². The van der Waals surface area contributed by atoms with Crippen LogP contribution in [0.15, 0.2) is 11.6 Å². The standard InChI is InChI=1S/C15H26N2S/c1-4-17-15(14-16-8-9-18-14)7-5-6-13(11-15)10-12(2)3/h8-9,12-13,17H,4-7,10-11H2,1-3H3. The van der Waals surface area contributed by atoms with Crippen LogP contribution in [-0.2, 0) is 5.54 Å². The van der Waals surface area contributed by atoms with Crippen molar-refractivity contribution < 1.29 is 0 Å². The third kappa shape index (κ3) is 3.12.